The fourth-order valence-corrected chi connectivity index (χ4v) is 3.89. The summed E-state index contributed by atoms with van der Waals surface area (Å²) < 4.78 is 20.8. The summed E-state index contributed by atoms with van der Waals surface area (Å²) in [5, 5.41) is 13.4. The van der Waals surface area contributed by atoms with E-state index in [9.17, 15) is 4.39 Å². The van der Waals surface area contributed by atoms with E-state index in [0.29, 0.717) is 28.4 Å². The maximum atomic E-state index is 13.5. The van der Waals surface area contributed by atoms with Crippen molar-refractivity contribution in [3.8, 4) is 28.5 Å². The lowest BCUT2D eigenvalue weighted by Crippen LogP contribution is -2.00. The SMILES string of the molecule is Fc1ccc(-n2c(SCc3nc(-c4ccccc4)no3)nnc2-c2ccccc2)cc1. The second kappa shape index (κ2) is 8.53. The van der Waals surface area contributed by atoms with Gasteiger partial charge in [-0.3, -0.25) is 4.57 Å². The van der Waals surface area contributed by atoms with Gasteiger partial charge in [-0.15, -0.1) is 10.2 Å². The number of aromatic nitrogens is 5. The van der Waals surface area contributed by atoms with Gasteiger partial charge in [0.1, 0.15) is 5.82 Å². The predicted octanol–water partition coefficient (Wildman–Crippen LogP) is 5.42. The molecule has 31 heavy (non-hydrogen) atoms. The lowest BCUT2D eigenvalue weighted by molar-refractivity contribution is 0.391. The Bertz CT molecular complexity index is 1290. The minimum Gasteiger partial charge on any atom is -0.338 e. The highest BCUT2D eigenvalue weighted by Crippen LogP contribution is 2.30. The van der Waals surface area contributed by atoms with Crippen molar-refractivity contribution in [3.63, 3.8) is 0 Å². The molecule has 0 N–H and O–H groups in total. The molecule has 5 aromatic rings. The highest BCUT2D eigenvalue weighted by atomic mass is 32.2. The third-order valence-electron chi connectivity index (χ3n) is 4.57. The van der Waals surface area contributed by atoms with Crippen molar-refractivity contribution in [2.45, 2.75) is 10.9 Å². The van der Waals surface area contributed by atoms with E-state index in [2.05, 4.69) is 20.3 Å². The molecule has 0 aliphatic heterocycles. The standard InChI is InChI=1S/C23H16FN5OS/c24-18-11-13-19(14-12-18)29-22(17-9-5-2-6-10-17)26-27-23(29)31-15-20-25-21(28-30-20)16-7-3-1-4-8-16/h1-14H,15H2. The number of benzene rings is 3. The van der Waals surface area contributed by atoms with Crippen molar-refractivity contribution in [2.24, 2.45) is 0 Å². The molecule has 0 radical (unpaired) electrons. The molecule has 0 amide bonds. The fourth-order valence-electron chi connectivity index (χ4n) is 3.10. The molecule has 0 bridgehead atoms. The minimum absolute atomic E-state index is 0.299. The monoisotopic (exact) mass is 429 g/mol. The van der Waals surface area contributed by atoms with Crippen LogP contribution in [-0.4, -0.2) is 24.9 Å². The Morgan fingerprint density at radius 1 is 0.806 bits per heavy atom. The number of hydrogen-bond acceptors (Lipinski definition) is 6. The van der Waals surface area contributed by atoms with Gasteiger partial charge >= 0.3 is 0 Å². The highest BCUT2D eigenvalue weighted by Gasteiger charge is 2.18. The van der Waals surface area contributed by atoms with Gasteiger partial charge in [0.25, 0.3) is 0 Å². The zero-order valence-corrected chi connectivity index (χ0v) is 17.0. The largest absolute Gasteiger partial charge is 0.338 e. The van der Waals surface area contributed by atoms with E-state index >= 15 is 0 Å². The maximum absolute atomic E-state index is 13.5. The first-order valence-corrected chi connectivity index (χ1v) is 10.5. The van der Waals surface area contributed by atoms with Crippen LogP contribution in [0.3, 0.4) is 0 Å². The Morgan fingerprint density at radius 3 is 2.19 bits per heavy atom. The first-order valence-electron chi connectivity index (χ1n) is 9.55. The van der Waals surface area contributed by atoms with Crippen LogP contribution in [0.4, 0.5) is 4.39 Å². The Kier molecular flexibility index (Phi) is 5.28. The molecule has 0 aliphatic rings. The molecular weight excluding hydrogens is 413 g/mol. The summed E-state index contributed by atoms with van der Waals surface area (Å²) in [7, 11) is 0. The molecule has 0 aliphatic carbocycles. The van der Waals surface area contributed by atoms with Gasteiger partial charge in [0.2, 0.25) is 11.7 Å². The molecular formula is C23H16FN5OS. The molecule has 0 fully saturated rings. The summed E-state index contributed by atoms with van der Waals surface area (Å²) in [4.78, 5) is 4.47. The first-order chi connectivity index (χ1) is 15.3. The molecule has 0 spiro atoms. The van der Waals surface area contributed by atoms with Crippen molar-refractivity contribution in [3.05, 3.63) is 96.6 Å². The van der Waals surface area contributed by atoms with Crippen LogP contribution < -0.4 is 0 Å². The van der Waals surface area contributed by atoms with Crippen molar-refractivity contribution < 1.29 is 8.91 Å². The lowest BCUT2D eigenvalue weighted by atomic mass is 10.2. The van der Waals surface area contributed by atoms with E-state index in [0.717, 1.165) is 16.8 Å². The van der Waals surface area contributed by atoms with Crippen LogP contribution in [0.5, 0.6) is 0 Å². The number of nitrogens with zero attached hydrogens (tertiary/aromatic N) is 5. The topological polar surface area (TPSA) is 69.6 Å². The second-order valence-electron chi connectivity index (χ2n) is 6.65. The fraction of sp³-hybridized carbons (Fsp3) is 0.0435. The number of rotatable bonds is 6. The van der Waals surface area contributed by atoms with E-state index in [4.69, 9.17) is 4.52 Å². The van der Waals surface area contributed by atoms with Crippen molar-refractivity contribution in [1.82, 2.24) is 24.9 Å². The Labute approximate surface area is 181 Å². The van der Waals surface area contributed by atoms with E-state index in [1.807, 2.05) is 65.2 Å². The third-order valence-corrected chi connectivity index (χ3v) is 5.49. The van der Waals surface area contributed by atoms with Gasteiger partial charge < -0.3 is 4.52 Å². The van der Waals surface area contributed by atoms with Gasteiger partial charge in [-0.2, -0.15) is 4.98 Å². The number of hydrogen-bond donors (Lipinski definition) is 0. The summed E-state index contributed by atoms with van der Waals surface area (Å²) >= 11 is 1.42. The van der Waals surface area contributed by atoms with Crippen LogP contribution >= 0.6 is 11.8 Å². The molecule has 0 atom stereocenters. The molecule has 5 rings (SSSR count). The van der Waals surface area contributed by atoms with E-state index in [1.54, 1.807) is 12.1 Å². The van der Waals surface area contributed by atoms with Gasteiger partial charge in [-0.1, -0.05) is 77.6 Å². The summed E-state index contributed by atoms with van der Waals surface area (Å²) in [6, 6.07) is 25.6. The smallest absolute Gasteiger partial charge is 0.237 e. The van der Waals surface area contributed by atoms with Crippen LogP contribution in [0.1, 0.15) is 5.89 Å². The zero-order valence-electron chi connectivity index (χ0n) is 16.2. The molecule has 0 unspecified atom stereocenters. The molecule has 2 aromatic heterocycles. The molecule has 2 heterocycles. The Morgan fingerprint density at radius 2 is 1.48 bits per heavy atom. The van der Waals surface area contributed by atoms with Gasteiger partial charge in [-0.05, 0) is 24.3 Å². The average molecular weight is 429 g/mol. The van der Waals surface area contributed by atoms with E-state index in [-0.39, 0.29) is 5.82 Å². The minimum atomic E-state index is -0.299. The maximum Gasteiger partial charge on any atom is 0.237 e. The van der Waals surface area contributed by atoms with Crippen LogP contribution in [0, 0.1) is 5.82 Å². The van der Waals surface area contributed by atoms with Crippen molar-refractivity contribution >= 4 is 11.8 Å². The van der Waals surface area contributed by atoms with Gasteiger partial charge in [0.15, 0.2) is 11.0 Å². The zero-order chi connectivity index (χ0) is 21.0. The normalized spacial score (nSPS) is 11.0. The van der Waals surface area contributed by atoms with Crippen LogP contribution in [0.25, 0.3) is 28.5 Å². The van der Waals surface area contributed by atoms with Gasteiger partial charge in [0.05, 0.1) is 5.75 Å². The molecule has 6 nitrogen and oxygen atoms in total. The van der Waals surface area contributed by atoms with Gasteiger partial charge in [0, 0.05) is 16.8 Å². The summed E-state index contributed by atoms with van der Waals surface area (Å²) in [6.45, 7) is 0. The average Bonchev–Trinajstić information content (AvgIpc) is 3.47. The Hall–Kier alpha value is -3.78. The molecule has 0 saturated heterocycles. The van der Waals surface area contributed by atoms with E-state index < -0.39 is 0 Å². The summed E-state index contributed by atoms with van der Waals surface area (Å²) in [6.07, 6.45) is 0. The van der Waals surface area contributed by atoms with Crippen LogP contribution in [0.2, 0.25) is 0 Å². The third kappa shape index (κ3) is 4.10. The molecule has 0 saturated carbocycles. The summed E-state index contributed by atoms with van der Waals surface area (Å²) in [5.41, 5.74) is 2.57. The van der Waals surface area contributed by atoms with Crippen molar-refractivity contribution in [2.75, 3.05) is 0 Å². The van der Waals surface area contributed by atoms with Crippen molar-refractivity contribution in [1.29, 1.82) is 0 Å². The van der Waals surface area contributed by atoms with Crippen LogP contribution in [0.15, 0.2) is 94.6 Å². The van der Waals surface area contributed by atoms with Crippen LogP contribution in [-0.2, 0) is 5.75 Å². The van der Waals surface area contributed by atoms with E-state index in [1.165, 1.54) is 23.9 Å². The molecule has 8 heteroatoms. The lowest BCUT2D eigenvalue weighted by Gasteiger charge is -2.10. The highest BCUT2D eigenvalue weighted by molar-refractivity contribution is 7.98. The molecule has 3 aromatic carbocycles. The number of halogens is 1. The quantitative estimate of drug-likeness (QED) is 0.336. The predicted molar refractivity (Wildman–Crippen MR) is 116 cm³/mol. The second-order valence-corrected chi connectivity index (χ2v) is 7.59. The Balaban J connectivity index is 1.45. The molecule has 152 valence electrons. The summed E-state index contributed by atoms with van der Waals surface area (Å²) in [5.74, 6) is 1.82. The first kappa shape index (κ1) is 19.2. The van der Waals surface area contributed by atoms with Gasteiger partial charge in [-0.25, -0.2) is 4.39 Å². The number of thioether (sulfide) groups is 1.